The van der Waals surface area contributed by atoms with Crippen LogP contribution in [0.5, 0.6) is 0 Å². The number of halogens is 1. The molecule has 1 heterocycles. The normalized spacial score (nSPS) is 29.9. The highest BCUT2D eigenvalue weighted by Crippen LogP contribution is 2.45. The summed E-state index contributed by atoms with van der Waals surface area (Å²) in [5, 5.41) is 2.73. The lowest BCUT2D eigenvalue weighted by Gasteiger charge is -2.19. The zero-order chi connectivity index (χ0) is 16.1. The van der Waals surface area contributed by atoms with E-state index < -0.39 is 15.3 Å². The first kappa shape index (κ1) is 19.7. The van der Waals surface area contributed by atoms with Crippen molar-refractivity contribution in [3.05, 3.63) is 11.9 Å². The van der Waals surface area contributed by atoms with Crippen molar-refractivity contribution >= 4 is 37.9 Å². The standard InChI is InChI=1S/C10H20INO7P2/c1-16-20(13,14)5-4-9-8(6-10(11)19-9)7-12-21(15,17-2)18-3/h4-5,8-10H,6-7H2,1-3H3,(H,12,15)(H,13,14)/b5-4+/t8-,9-,10-/m1/s1. The van der Waals surface area contributed by atoms with Gasteiger partial charge in [0.1, 0.15) is 4.11 Å². The molecule has 8 nitrogen and oxygen atoms in total. The fourth-order valence-electron chi connectivity index (χ4n) is 1.80. The van der Waals surface area contributed by atoms with Gasteiger partial charge in [0.05, 0.1) is 6.10 Å². The quantitative estimate of drug-likeness (QED) is 0.327. The van der Waals surface area contributed by atoms with Gasteiger partial charge in [-0.05, 0) is 12.5 Å². The van der Waals surface area contributed by atoms with Crippen LogP contribution in [-0.2, 0) is 27.4 Å². The Kier molecular flexibility index (Phi) is 8.00. The fourth-order valence-corrected chi connectivity index (χ4v) is 4.16. The SMILES string of the molecule is COP(=O)(O)/C=C/[C@H]1O[C@@H](I)C[C@@H]1CNP(=O)(OC)OC. The minimum Gasteiger partial charge on any atom is -0.360 e. The molecule has 1 rings (SSSR count). The van der Waals surface area contributed by atoms with Crippen LogP contribution in [0.4, 0.5) is 0 Å². The molecule has 0 aromatic carbocycles. The molecule has 0 aromatic heterocycles. The van der Waals surface area contributed by atoms with Gasteiger partial charge < -0.3 is 23.2 Å². The number of hydrogen-bond acceptors (Lipinski definition) is 6. The van der Waals surface area contributed by atoms with Crippen LogP contribution in [0, 0.1) is 5.92 Å². The molecule has 0 spiro atoms. The highest BCUT2D eigenvalue weighted by molar-refractivity contribution is 14.1. The molecule has 1 fully saturated rings. The van der Waals surface area contributed by atoms with E-state index in [9.17, 15) is 14.0 Å². The molecule has 0 aliphatic carbocycles. The molecule has 0 radical (unpaired) electrons. The molecule has 0 saturated carbocycles. The fraction of sp³-hybridized carbons (Fsp3) is 0.800. The van der Waals surface area contributed by atoms with Gasteiger partial charge in [-0.25, -0.2) is 9.65 Å². The third-order valence-corrected chi connectivity index (χ3v) is 6.42. The topological polar surface area (TPSA) is 103 Å². The highest BCUT2D eigenvalue weighted by Gasteiger charge is 2.34. The Balaban J connectivity index is 2.67. The maximum atomic E-state index is 11.9. The summed E-state index contributed by atoms with van der Waals surface area (Å²) in [5.74, 6) is 1.07. The average Bonchev–Trinajstić information content (AvgIpc) is 2.83. The third kappa shape index (κ3) is 6.37. The summed E-state index contributed by atoms with van der Waals surface area (Å²) in [6, 6.07) is 0. The van der Waals surface area contributed by atoms with Gasteiger partial charge in [0.15, 0.2) is 0 Å². The van der Waals surface area contributed by atoms with Crippen LogP contribution in [0.3, 0.4) is 0 Å². The molecule has 0 aromatic rings. The maximum Gasteiger partial charge on any atom is 0.404 e. The molecule has 0 bridgehead atoms. The van der Waals surface area contributed by atoms with Gasteiger partial charge >= 0.3 is 15.3 Å². The number of hydrogen-bond donors (Lipinski definition) is 2. The van der Waals surface area contributed by atoms with Crippen molar-refractivity contribution in [3.63, 3.8) is 0 Å². The summed E-state index contributed by atoms with van der Waals surface area (Å²) in [4.78, 5) is 9.36. The van der Waals surface area contributed by atoms with E-state index in [1.54, 1.807) is 0 Å². The molecule has 1 aliphatic rings. The maximum absolute atomic E-state index is 11.9. The van der Waals surface area contributed by atoms with Gasteiger partial charge in [-0.3, -0.25) is 4.57 Å². The molecule has 1 saturated heterocycles. The second-order valence-electron chi connectivity index (χ2n) is 4.32. The van der Waals surface area contributed by atoms with E-state index in [2.05, 4.69) is 32.2 Å². The summed E-state index contributed by atoms with van der Waals surface area (Å²) < 4.78 is 43.0. The summed E-state index contributed by atoms with van der Waals surface area (Å²) >= 11 is 2.13. The van der Waals surface area contributed by atoms with Crippen LogP contribution in [0.25, 0.3) is 0 Å². The molecular weight excluding hydrogens is 435 g/mol. The van der Waals surface area contributed by atoms with Crippen molar-refractivity contribution in [1.29, 1.82) is 0 Å². The van der Waals surface area contributed by atoms with E-state index in [-0.39, 0.29) is 16.1 Å². The Labute approximate surface area is 137 Å². The van der Waals surface area contributed by atoms with Gasteiger partial charge in [-0.15, -0.1) is 0 Å². The Hall–Kier alpha value is 0.690. The summed E-state index contributed by atoms with van der Waals surface area (Å²) in [6.45, 7) is 0.330. The van der Waals surface area contributed by atoms with Gasteiger partial charge in [0.2, 0.25) is 0 Å². The molecule has 1 unspecified atom stereocenters. The van der Waals surface area contributed by atoms with E-state index in [0.717, 1.165) is 12.9 Å². The number of alkyl halides is 1. The van der Waals surface area contributed by atoms with Gasteiger partial charge in [0.25, 0.3) is 0 Å². The van der Waals surface area contributed by atoms with Crippen molar-refractivity contribution in [2.24, 2.45) is 5.92 Å². The minimum atomic E-state index is -3.72. The highest BCUT2D eigenvalue weighted by atomic mass is 127. The Morgan fingerprint density at radius 2 is 1.95 bits per heavy atom. The smallest absolute Gasteiger partial charge is 0.360 e. The van der Waals surface area contributed by atoms with Crippen LogP contribution in [0.1, 0.15) is 6.42 Å². The molecule has 21 heavy (non-hydrogen) atoms. The molecule has 11 heteroatoms. The Bertz CT molecular complexity index is 453. The first-order chi connectivity index (χ1) is 9.75. The van der Waals surface area contributed by atoms with E-state index in [0.29, 0.717) is 13.0 Å². The van der Waals surface area contributed by atoms with Gasteiger partial charge in [-0.1, -0.05) is 22.6 Å². The lowest BCUT2D eigenvalue weighted by molar-refractivity contribution is 0.118. The summed E-state index contributed by atoms with van der Waals surface area (Å²) in [7, 11) is -3.27. The average molecular weight is 455 g/mol. The molecule has 2 N–H and O–H groups in total. The predicted octanol–water partition coefficient (Wildman–Crippen LogP) is 2.49. The second-order valence-corrected chi connectivity index (χ2v) is 9.54. The lowest BCUT2D eigenvalue weighted by atomic mass is 10.0. The van der Waals surface area contributed by atoms with Crippen molar-refractivity contribution in [1.82, 2.24) is 5.09 Å². The molecule has 1 aliphatic heterocycles. The van der Waals surface area contributed by atoms with Crippen molar-refractivity contribution in [2.75, 3.05) is 27.9 Å². The number of ether oxygens (including phenoxy) is 1. The van der Waals surface area contributed by atoms with Crippen LogP contribution in [-0.4, -0.2) is 43.0 Å². The van der Waals surface area contributed by atoms with Crippen molar-refractivity contribution in [2.45, 2.75) is 16.6 Å². The Morgan fingerprint density at radius 1 is 1.33 bits per heavy atom. The van der Waals surface area contributed by atoms with E-state index >= 15 is 0 Å². The molecule has 4 atom stereocenters. The minimum absolute atomic E-state index is 0.0290. The van der Waals surface area contributed by atoms with Gasteiger partial charge in [-0.2, -0.15) is 0 Å². The molecule has 0 amide bonds. The van der Waals surface area contributed by atoms with Crippen molar-refractivity contribution < 1.29 is 32.3 Å². The largest absolute Gasteiger partial charge is 0.404 e. The first-order valence-electron chi connectivity index (χ1n) is 6.09. The van der Waals surface area contributed by atoms with Crippen LogP contribution in [0.2, 0.25) is 0 Å². The van der Waals surface area contributed by atoms with Crippen molar-refractivity contribution in [3.8, 4) is 0 Å². The third-order valence-electron chi connectivity index (χ3n) is 3.01. The second kappa shape index (κ2) is 8.52. The zero-order valence-electron chi connectivity index (χ0n) is 12.0. The predicted molar refractivity (Wildman–Crippen MR) is 86.4 cm³/mol. The number of nitrogens with one attached hydrogen (secondary N) is 1. The molecule has 124 valence electrons. The summed E-state index contributed by atoms with van der Waals surface area (Å²) in [5.41, 5.74) is 0. The van der Waals surface area contributed by atoms with Crippen LogP contribution < -0.4 is 5.09 Å². The number of rotatable bonds is 8. The monoisotopic (exact) mass is 455 g/mol. The van der Waals surface area contributed by atoms with Gasteiger partial charge in [0, 0.05) is 39.6 Å². The van der Waals surface area contributed by atoms with E-state index in [4.69, 9.17) is 13.8 Å². The lowest BCUT2D eigenvalue weighted by Crippen LogP contribution is -2.26. The zero-order valence-corrected chi connectivity index (χ0v) is 15.9. The summed E-state index contributed by atoms with van der Waals surface area (Å²) in [6.07, 6.45) is 1.83. The van der Waals surface area contributed by atoms with Crippen LogP contribution in [0.15, 0.2) is 11.9 Å². The Morgan fingerprint density at radius 3 is 2.48 bits per heavy atom. The molecular formula is C10H20INO7P2. The van der Waals surface area contributed by atoms with E-state index in [1.807, 2.05) is 0 Å². The first-order valence-corrected chi connectivity index (χ1v) is 10.5. The van der Waals surface area contributed by atoms with E-state index in [1.165, 1.54) is 20.3 Å². The van der Waals surface area contributed by atoms with Crippen LogP contribution >= 0.6 is 37.9 Å².